The van der Waals surface area contributed by atoms with Crippen molar-refractivity contribution < 1.29 is 14.7 Å². The number of carboxylic acids is 1. The maximum atomic E-state index is 12.0. The molecule has 1 heterocycles. The number of carboxylic acid groups (broad SMARTS) is 1. The number of hydrogen-bond donors (Lipinski definition) is 3. The Bertz CT molecular complexity index is 678. The third-order valence-electron chi connectivity index (χ3n) is 2.82. The first-order chi connectivity index (χ1) is 10.1. The predicted molar refractivity (Wildman–Crippen MR) is 75.4 cm³/mol. The average molecular weight is 286 g/mol. The van der Waals surface area contributed by atoms with Gasteiger partial charge in [-0.2, -0.15) is 5.10 Å². The number of carbonyl (C=O) groups is 2. The van der Waals surface area contributed by atoms with E-state index in [2.05, 4.69) is 20.5 Å². The highest BCUT2D eigenvalue weighted by Crippen LogP contribution is 2.13. The van der Waals surface area contributed by atoms with Crippen LogP contribution < -0.4 is 5.32 Å². The highest BCUT2D eigenvalue weighted by atomic mass is 16.4. The minimum Gasteiger partial charge on any atom is -0.478 e. The van der Waals surface area contributed by atoms with Crippen LogP contribution in [0.2, 0.25) is 0 Å². The van der Waals surface area contributed by atoms with Crippen molar-refractivity contribution in [3.63, 3.8) is 0 Å². The maximum Gasteiger partial charge on any atom is 0.328 e. The molecule has 0 aliphatic carbocycles. The highest BCUT2D eigenvalue weighted by Gasteiger charge is 2.07. The Morgan fingerprint density at radius 2 is 2.24 bits per heavy atom. The molecule has 0 fully saturated rings. The molecule has 0 saturated heterocycles. The summed E-state index contributed by atoms with van der Waals surface area (Å²) in [6.07, 6.45) is 3.93. The molecule has 1 aromatic heterocycles. The van der Waals surface area contributed by atoms with Crippen LogP contribution in [0.3, 0.4) is 0 Å². The second-order valence-electron chi connectivity index (χ2n) is 4.36. The summed E-state index contributed by atoms with van der Waals surface area (Å²) >= 11 is 0. The molecular formula is C14H14N4O3. The molecule has 2 aromatic rings. The number of aryl methyl sites for hydroxylation is 1. The molecule has 0 aliphatic heterocycles. The lowest BCUT2D eigenvalue weighted by atomic mass is 10.0. The number of H-pyrrole nitrogens is 1. The normalized spacial score (nSPS) is 10.7. The lowest BCUT2D eigenvalue weighted by Crippen LogP contribution is -2.23. The van der Waals surface area contributed by atoms with E-state index < -0.39 is 5.97 Å². The van der Waals surface area contributed by atoms with Crippen LogP contribution >= 0.6 is 0 Å². The van der Waals surface area contributed by atoms with E-state index in [0.29, 0.717) is 11.4 Å². The maximum absolute atomic E-state index is 12.0. The Morgan fingerprint density at radius 1 is 1.43 bits per heavy atom. The summed E-state index contributed by atoms with van der Waals surface area (Å²) in [4.78, 5) is 26.4. The van der Waals surface area contributed by atoms with E-state index in [1.165, 1.54) is 12.4 Å². The van der Waals surface area contributed by atoms with Gasteiger partial charge in [0.25, 0.3) is 5.91 Å². The summed E-state index contributed by atoms with van der Waals surface area (Å²) < 4.78 is 0. The summed E-state index contributed by atoms with van der Waals surface area (Å²) in [6, 6.07) is 5.06. The number of hydrogen-bond acceptors (Lipinski definition) is 4. The number of nitrogens with one attached hydrogen (secondary N) is 2. The summed E-state index contributed by atoms with van der Waals surface area (Å²) in [7, 11) is 0. The third kappa shape index (κ3) is 4.00. The van der Waals surface area contributed by atoms with Crippen molar-refractivity contribution in [3.05, 3.63) is 53.1 Å². The second kappa shape index (κ2) is 6.47. The van der Waals surface area contributed by atoms with Gasteiger partial charge >= 0.3 is 5.97 Å². The Balaban J connectivity index is 2.05. The van der Waals surface area contributed by atoms with Crippen LogP contribution in [0, 0.1) is 6.92 Å². The molecule has 7 nitrogen and oxygen atoms in total. The van der Waals surface area contributed by atoms with Gasteiger partial charge in [-0.25, -0.2) is 9.78 Å². The molecule has 1 aromatic carbocycles. The van der Waals surface area contributed by atoms with Crippen molar-refractivity contribution in [2.75, 3.05) is 0 Å². The molecule has 108 valence electrons. The molecule has 7 heteroatoms. The molecule has 0 bridgehead atoms. The molecule has 3 N–H and O–H groups in total. The third-order valence-corrected chi connectivity index (χ3v) is 2.82. The minimum atomic E-state index is -1.01. The first-order valence-corrected chi connectivity index (χ1v) is 6.20. The molecule has 1 amide bonds. The van der Waals surface area contributed by atoms with Gasteiger partial charge in [-0.05, 0) is 36.3 Å². The zero-order chi connectivity index (χ0) is 15.2. The Hall–Kier alpha value is -2.96. The van der Waals surface area contributed by atoms with Gasteiger partial charge in [0, 0.05) is 11.6 Å². The fourth-order valence-corrected chi connectivity index (χ4v) is 1.75. The molecule has 0 atom stereocenters. The number of rotatable bonds is 5. The van der Waals surface area contributed by atoms with Crippen molar-refractivity contribution in [1.29, 1.82) is 0 Å². The Morgan fingerprint density at radius 3 is 2.86 bits per heavy atom. The zero-order valence-corrected chi connectivity index (χ0v) is 11.3. The van der Waals surface area contributed by atoms with Crippen LogP contribution in [0.25, 0.3) is 6.08 Å². The van der Waals surface area contributed by atoms with Gasteiger partial charge in [-0.3, -0.25) is 9.89 Å². The van der Waals surface area contributed by atoms with Gasteiger partial charge in [0.05, 0.1) is 6.54 Å². The lowest BCUT2D eigenvalue weighted by molar-refractivity contribution is -0.131. The van der Waals surface area contributed by atoms with Crippen LogP contribution in [0.15, 0.2) is 30.6 Å². The first kappa shape index (κ1) is 14.4. The molecule has 0 saturated carbocycles. The molecule has 0 aliphatic rings. The fraction of sp³-hybridized carbons (Fsp3) is 0.143. The number of carbonyl (C=O) groups excluding carboxylic acids is 1. The molecule has 21 heavy (non-hydrogen) atoms. The average Bonchev–Trinajstić information content (AvgIpc) is 2.96. The van der Waals surface area contributed by atoms with E-state index in [9.17, 15) is 9.59 Å². The fourth-order valence-electron chi connectivity index (χ4n) is 1.75. The van der Waals surface area contributed by atoms with E-state index in [1.54, 1.807) is 18.2 Å². The van der Waals surface area contributed by atoms with Gasteiger partial charge in [-0.1, -0.05) is 6.07 Å². The van der Waals surface area contributed by atoms with Crippen LogP contribution in [0.4, 0.5) is 0 Å². The van der Waals surface area contributed by atoms with Crippen molar-refractivity contribution in [2.45, 2.75) is 13.5 Å². The van der Waals surface area contributed by atoms with Crippen LogP contribution in [0.5, 0.6) is 0 Å². The Labute approximate surface area is 120 Å². The molecule has 2 rings (SSSR count). The van der Waals surface area contributed by atoms with Gasteiger partial charge in [0.2, 0.25) is 0 Å². The number of amides is 1. The number of nitrogens with zero attached hydrogens (tertiary/aromatic N) is 2. The van der Waals surface area contributed by atoms with Crippen LogP contribution in [-0.2, 0) is 11.3 Å². The number of aromatic nitrogens is 3. The van der Waals surface area contributed by atoms with Crippen molar-refractivity contribution in [3.8, 4) is 0 Å². The van der Waals surface area contributed by atoms with E-state index in [-0.39, 0.29) is 12.5 Å². The molecule has 0 spiro atoms. The van der Waals surface area contributed by atoms with Crippen LogP contribution in [-0.4, -0.2) is 32.2 Å². The van der Waals surface area contributed by atoms with E-state index in [1.807, 2.05) is 6.92 Å². The summed E-state index contributed by atoms with van der Waals surface area (Å²) in [5, 5.41) is 17.7. The standard InChI is InChI=1S/C14H14N4O3/c1-9-6-11(3-2-10(9)4-5-13(19)20)14(21)15-7-12-16-8-17-18-12/h2-6,8H,7H2,1H3,(H,15,21)(H,19,20)(H,16,17,18)/b5-4+. The minimum absolute atomic E-state index is 0.233. The van der Waals surface area contributed by atoms with Crippen molar-refractivity contribution in [1.82, 2.24) is 20.5 Å². The summed E-state index contributed by atoms with van der Waals surface area (Å²) in [5.41, 5.74) is 2.07. The first-order valence-electron chi connectivity index (χ1n) is 6.20. The quantitative estimate of drug-likeness (QED) is 0.714. The lowest BCUT2D eigenvalue weighted by Gasteiger charge is -2.06. The zero-order valence-electron chi connectivity index (χ0n) is 11.3. The molecular weight excluding hydrogens is 272 g/mol. The molecule has 0 unspecified atom stereocenters. The van der Waals surface area contributed by atoms with Gasteiger partial charge in [0.15, 0.2) is 0 Å². The molecule has 0 radical (unpaired) electrons. The SMILES string of the molecule is Cc1cc(C(=O)NCc2ncn[nH]2)ccc1/C=C/C(=O)O. The van der Waals surface area contributed by atoms with Crippen LogP contribution in [0.1, 0.15) is 27.3 Å². The number of aromatic amines is 1. The predicted octanol–water partition coefficient (Wildman–Crippen LogP) is 1.14. The van der Waals surface area contributed by atoms with E-state index >= 15 is 0 Å². The van der Waals surface area contributed by atoms with Gasteiger partial charge in [0.1, 0.15) is 12.2 Å². The smallest absolute Gasteiger partial charge is 0.328 e. The summed E-state index contributed by atoms with van der Waals surface area (Å²) in [6.45, 7) is 2.08. The number of benzene rings is 1. The van der Waals surface area contributed by atoms with Crippen molar-refractivity contribution >= 4 is 18.0 Å². The number of aliphatic carboxylic acids is 1. The topological polar surface area (TPSA) is 108 Å². The van der Waals surface area contributed by atoms with E-state index in [0.717, 1.165) is 17.2 Å². The van der Waals surface area contributed by atoms with Gasteiger partial charge < -0.3 is 10.4 Å². The Kier molecular flexibility index (Phi) is 4.45. The van der Waals surface area contributed by atoms with Crippen molar-refractivity contribution in [2.24, 2.45) is 0 Å². The highest BCUT2D eigenvalue weighted by molar-refractivity contribution is 5.94. The largest absolute Gasteiger partial charge is 0.478 e. The van der Waals surface area contributed by atoms with E-state index in [4.69, 9.17) is 5.11 Å². The monoisotopic (exact) mass is 286 g/mol. The summed E-state index contributed by atoms with van der Waals surface area (Å²) in [5.74, 6) is -0.673. The second-order valence-corrected chi connectivity index (χ2v) is 4.36. The van der Waals surface area contributed by atoms with Gasteiger partial charge in [-0.15, -0.1) is 0 Å².